The summed E-state index contributed by atoms with van der Waals surface area (Å²) in [5.74, 6) is -2.99. The van der Waals surface area contributed by atoms with Gasteiger partial charge in [-0.05, 0) is 0 Å². The maximum absolute atomic E-state index is 12.2. The first kappa shape index (κ1) is 8.43. The highest BCUT2D eigenvalue weighted by atomic mass is 19.3. The Hall–Kier alpha value is -0.670. The molecular weight excluding hydrogens is 152 g/mol. The van der Waals surface area contributed by atoms with Crippen LogP contribution in [0.3, 0.4) is 0 Å². The van der Waals surface area contributed by atoms with Crippen molar-refractivity contribution in [2.24, 2.45) is 5.92 Å². The maximum atomic E-state index is 12.2. The molecule has 1 amide bonds. The lowest BCUT2D eigenvalue weighted by Gasteiger charge is -2.39. The molecule has 2 nitrogen and oxygen atoms in total. The fraction of sp³-hybridized carbons (Fsp3) is 0.857. The van der Waals surface area contributed by atoms with Crippen molar-refractivity contribution >= 4 is 5.91 Å². The Labute approximate surface area is 64.2 Å². The van der Waals surface area contributed by atoms with Gasteiger partial charge in [0.1, 0.15) is 0 Å². The zero-order valence-corrected chi connectivity index (χ0v) is 6.60. The smallest absolute Gasteiger partial charge is 0.282 e. The van der Waals surface area contributed by atoms with E-state index in [9.17, 15) is 13.6 Å². The third-order valence-electron chi connectivity index (χ3n) is 1.65. The van der Waals surface area contributed by atoms with Crippen molar-refractivity contribution in [1.29, 1.82) is 0 Å². The van der Waals surface area contributed by atoms with E-state index in [0.29, 0.717) is 0 Å². The van der Waals surface area contributed by atoms with Gasteiger partial charge in [-0.1, -0.05) is 13.8 Å². The van der Waals surface area contributed by atoms with E-state index in [1.165, 1.54) is 4.90 Å². The molecule has 0 unspecified atom stereocenters. The predicted molar refractivity (Wildman–Crippen MR) is 36.4 cm³/mol. The van der Waals surface area contributed by atoms with Crippen molar-refractivity contribution < 1.29 is 13.6 Å². The highest BCUT2D eigenvalue weighted by molar-refractivity contribution is 5.79. The lowest BCUT2D eigenvalue weighted by molar-refractivity contribution is -0.168. The molecule has 0 spiro atoms. The number of nitrogens with zero attached hydrogens (tertiary/aromatic N) is 1. The topological polar surface area (TPSA) is 20.3 Å². The molecule has 64 valence electrons. The molecule has 0 bridgehead atoms. The zero-order valence-electron chi connectivity index (χ0n) is 6.60. The Bertz CT molecular complexity index is 171. The van der Waals surface area contributed by atoms with Gasteiger partial charge in [0.25, 0.3) is 5.92 Å². The molecule has 0 aromatic carbocycles. The van der Waals surface area contributed by atoms with Gasteiger partial charge < -0.3 is 4.90 Å². The van der Waals surface area contributed by atoms with E-state index in [0.717, 1.165) is 0 Å². The molecule has 0 N–H and O–H groups in total. The Balaban J connectivity index is 2.38. The first-order valence-electron chi connectivity index (χ1n) is 3.59. The summed E-state index contributed by atoms with van der Waals surface area (Å²) < 4.78 is 24.4. The number of halogens is 2. The van der Waals surface area contributed by atoms with Crippen molar-refractivity contribution in [2.75, 3.05) is 13.1 Å². The van der Waals surface area contributed by atoms with Crippen LogP contribution >= 0.6 is 0 Å². The molecule has 1 aliphatic rings. The summed E-state index contributed by atoms with van der Waals surface area (Å²) in [6.07, 6.45) is 0. The van der Waals surface area contributed by atoms with E-state index in [-0.39, 0.29) is 11.8 Å². The first-order chi connectivity index (χ1) is 4.92. The van der Waals surface area contributed by atoms with Crippen LogP contribution in [-0.4, -0.2) is 29.8 Å². The highest BCUT2D eigenvalue weighted by Crippen LogP contribution is 2.27. The number of hydrogen-bond donors (Lipinski definition) is 0. The molecule has 0 atom stereocenters. The number of alkyl halides is 2. The van der Waals surface area contributed by atoms with E-state index >= 15 is 0 Å². The Morgan fingerprint density at radius 1 is 1.45 bits per heavy atom. The molecule has 0 radical (unpaired) electrons. The largest absolute Gasteiger partial charge is 0.330 e. The average Bonchev–Trinajstić information content (AvgIpc) is 1.80. The van der Waals surface area contributed by atoms with E-state index in [1.807, 2.05) is 0 Å². The van der Waals surface area contributed by atoms with Crippen LogP contribution in [0.5, 0.6) is 0 Å². The van der Waals surface area contributed by atoms with E-state index < -0.39 is 19.0 Å². The Morgan fingerprint density at radius 3 is 2.18 bits per heavy atom. The van der Waals surface area contributed by atoms with E-state index in [4.69, 9.17) is 0 Å². The summed E-state index contributed by atoms with van der Waals surface area (Å²) in [6, 6.07) is 0. The molecule has 1 aliphatic heterocycles. The van der Waals surface area contributed by atoms with Crippen LogP contribution in [0, 0.1) is 5.92 Å². The lowest BCUT2D eigenvalue weighted by atomic mass is 10.1. The quantitative estimate of drug-likeness (QED) is 0.567. The van der Waals surface area contributed by atoms with Gasteiger partial charge in [0.15, 0.2) is 0 Å². The van der Waals surface area contributed by atoms with Gasteiger partial charge in [-0.15, -0.1) is 0 Å². The molecule has 1 rings (SSSR count). The van der Waals surface area contributed by atoms with Crippen molar-refractivity contribution in [3.63, 3.8) is 0 Å². The maximum Gasteiger partial charge on any atom is 0.282 e. The van der Waals surface area contributed by atoms with E-state index in [1.54, 1.807) is 13.8 Å². The predicted octanol–water partition coefficient (Wildman–Crippen LogP) is 1.12. The number of carbonyl (C=O) groups excluding carboxylic acids is 1. The minimum Gasteiger partial charge on any atom is -0.330 e. The summed E-state index contributed by atoms with van der Waals surface area (Å²) in [7, 11) is 0. The van der Waals surface area contributed by atoms with Gasteiger partial charge in [-0.3, -0.25) is 4.79 Å². The molecule has 4 heteroatoms. The standard InChI is InChI=1S/C7H11F2NO/c1-5(2)6(11)10-3-7(8,9)4-10/h5H,3-4H2,1-2H3. The normalized spacial score (nSPS) is 21.7. The van der Waals surface area contributed by atoms with Gasteiger partial charge in [-0.25, -0.2) is 8.78 Å². The van der Waals surface area contributed by atoms with Crippen LogP contribution in [0.4, 0.5) is 8.78 Å². The van der Waals surface area contributed by atoms with Gasteiger partial charge in [0, 0.05) is 5.92 Å². The third kappa shape index (κ3) is 1.67. The number of rotatable bonds is 1. The van der Waals surface area contributed by atoms with Crippen LogP contribution < -0.4 is 0 Å². The van der Waals surface area contributed by atoms with Gasteiger partial charge in [0.2, 0.25) is 5.91 Å². The molecule has 1 saturated heterocycles. The second-order valence-corrected chi connectivity index (χ2v) is 3.20. The average molecular weight is 163 g/mol. The summed E-state index contributed by atoms with van der Waals surface area (Å²) in [4.78, 5) is 12.2. The monoisotopic (exact) mass is 163 g/mol. The third-order valence-corrected chi connectivity index (χ3v) is 1.65. The number of amides is 1. The first-order valence-corrected chi connectivity index (χ1v) is 3.59. The minimum atomic E-state index is -2.63. The lowest BCUT2D eigenvalue weighted by Crippen LogP contribution is -2.59. The second-order valence-electron chi connectivity index (χ2n) is 3.20. The molecule has 0 saturated carbocycles. The minimum absolute atomic E-state index is 0.175. The van der Waals surface area contributed by atoms with Crippen molar-refractivity contribution in [1.82, 2.24) is 4.90 Å². The molecule has 0 aromatic rings. The van der Waals surface area contributed by atoms with Crippen molar-refractivity contribution in [3.05, 3.63) is 0 Å². The molecule has 0 aromatic heterocycles. The van der Waals surface area contributed by atoms with Gasteiger partial charge in [-0.2, -0.15) is 0 Å². The summed E-state index contributed by atoms with van der Waals surface area (Å²) >= 11 is 0. The highest BCUT2D eigenvalue weighted by Gasteiger charge is 2.46. The summed E-state index contributed by atoms with van der Waals surface area (Å²) in [6.45, 7) is 2.62. The number of hydrogen-bond acceptors (Lipinski definition) is 1. The molecule has 0 aliphatic carbocycles. The fourth-order valence-electron chi connectivity index (χ4n) is 1.03. The SMILES string of the molecule is CC(C)C(=O)N1CC(F)(F)C1. The van der Waals surface area contributed by atoms with Crippen LogP contribution in [0.2, 0.25) is 0 Å². The Morgan fingerprint density at radius 2 is 1.91 bits per heavy atom. The number of likely N-dealkylation sites (tertiary alicyclic amines) is 1. The zero-order chi connectivity index (χ0) is 8.65. The van der Waals surface area contributed by atoms with Crippen LogP contribution in [0.25, 0.3) is 0 Å². The van der Waals surface area contributed by atoms with Gasteiger partial charge >= 0.3 is 0 Å². The van der Waals surface area contributed by atoms with Crippen LogP contribution in [0.15, 0.2) is 0 Å². The molecular formula is C7H11F2NO. The molecule has 11 heavy (non-hydrogen) atoms. The van der Waals surface area contributed by atoms with E-state index in [2.05, 4.69) is 0 Å². The van der Waals surface area contributed by atoms with Crippen molar-refractivity contribution in [3.8, 4) is 0 Å². The molecule has 1 fully saturated rings. The second kappa shape index (κ2) is 2.43. The Kier molecular flexibility index (Phi) is 1.86. The van der Waals surface area contributed by atoms with Gasteiger partial charge in [0.05, 0.1) is 13.1 Å². The molecule has 1 heterocycles. The summed E-state index contributed by atoms with van der Waals surface area (Å²) in [5.41, 5.74) is 0. The van der Waals surface area contributed by atoms with Crippen LogP contribution in [-0.2, 0) is 4.79 Å². The van der Waals surface area contributed by atoms with Crippen LogP contribution in [0.1, 0.15) is 13.8 Å². The fourth-order valence-corrected chi connectivity index (χ4v) is 1.03. The summed E-state index contributed by atoms with van der Waals surface area (Å²) in [5, 5.41) is 0. The van der Waals surface area contributed by atoms with Crippen molar-refractivity contribution in [2.45, 2.75) is 19.8 Å². The number of carbonyl (C=O) groups is 1.